The Kier molecular flexibility index (Phi) is 21.3. The van der Waals surface area contributed by atoms with Gasteiger partial charge >= 0.3 is 13.4 Å². The van der Waals surface area contributed by atoms with Gasteiger partial charge in [-0.2, -0.15) is 0 Å². The zero-order valence-electron chi connectivity index (χ0n) is 56.9. The van der Waals surface area contributed by atoms with Gasteiger partial charge in [-0.3, -0.25) is 18.1 Å². The van der Waals surface area contributed by atoms with E-state index in [4.69, 9.17) is 50.8 Å². The molecule has 0 amide bonds. The van der Waals surface area contributed by atoms with Crippen LogP contribution in [0.4, 0.5) is 0 Å². The lowest BCUT2D eigenvalue weighted by Gasteiger charge is -2.29. The predicted molar refractivity (Wildman–Crippen MR) is 371 cm³/mol. The molecule has 6 aromatic rings. The molecular weight excluding hydrogens is 1170 g/mol. The monoisotopic (exact) mass is 1280 g/mol. The Bertz CT molecular complexity index is 3210. The van der Waals surface area contributed by atoms with Crippen LogP contribution < -0.4 is 9.05 Å². The Balaban J connectivity index is 1.69. The average Bonchev–Trinajstić information content (AvgIpc) is 0.846. The number of phenolic OH excluding ortho intramolecular Hbond substituents is 4. The summed E-state index contributed by atoms with van der Waals surface area (Å²) in [5.41, 5.74) is 12.1. The third kappa shape index (κ3) is 16.7. The van der Waals surface area contributed by atoms with E-state index in [1.165, 1.54) is 0 Å². The van der Waals surface area contributed by atoms with Gasteiger partial charge in [-0.15, -0.1) is 0 Å². The van der Waals surface area contributed by atoms with E-state index in [9.17, 15) is 20.4 Å². The molecule has 0 saturated heterocycles. The fraction of sp³-hybridized carbons (Fsp3) is 0.514. The Morgan fingerprint density at radius 1 is 0.284 bits per heavy atom. The van der Waals surface area contributed by atoms with Gasteiger partial charge in [0.15, 0.2) is 0 Å². The van der Waals surface area contributed by atoms with Crippen molar-refractivity contribution in [2.75, 3.05) is 26.4 Å². The molecule has 0 unspecified atom stereocenters. The number of aromatic hydroxyl groups is 4. The van der Waals surface area contributed by atoms with Crippen LogP contribution in [0.25, 0.3) is 0 Å². The molecule has 1 aliphatic rings. The van der Waals surface area contributed by atoms with Crippen LogP contribution in [0.1, 0.15) is 252 Å². The van der Waals surface area contributed by atoms with E-state index >= 15 is 0 Å². The number of rotatable bonds is 12. The van der Waals surface area contributed by atoms with Crippen LogP contribution >= 0.6 is 13.4 Å². The molecule has 10 nitrogen and oxygen atoms in total. The molecule has 0 fully saturated rings. The molecule has 0 atom stereocenters. The molecule has 4 N–H and O–H groups in total. The molecule has 0 spiro atoms. The molecule has 0 heterocycles. The van der Waals surface area contributed by atoms with Gasteiger partial charge in [-0.05, 0) is 160 Å². The molecular formula is C74H102O10P2S2. The lowest BCUT2D eigenvalue weighted by atomic mass is 9.79. The zero-order valence-corrected chi connectivity index (χ0v) is 60.4. The molecule has 480 valence electrons. The Hall–Kier alpha value is -4.74. The molecule has 0 saturated carbocycles. The van der Waals surface area contributed by atoms with Gasteiger partial charge in [-0.25, -0.2) is 0 Å². The standard InChI is InChI=1S/C74H102O10P2S2/c1-23-79-85(87,80-24-2)83-67-53-29-49-37-57(69(5,6)7)33-45(63(49)75)27-47-35-59(71(11,12)13)39-51(65(47)77)31-55-43-62(74(20,21)22)44-56(68(55)84-86(88,81-25-3)82-26-4)32-52-40-60(72(14,15)16)36-48(66(52)78)28-46-34-58(70(8,9)10)38-50(64(46)76)30-54(67)42-61(41-53)73(17,18)19/h33-44,75-78H,23-32H2,1-22H3. The van der Waals surface area contributed by atoms with Crippen LogP contribution in [0.2, 0.25) is 0 Å². The zero-order chi connectivity index (χ0) is 65.7. The lowest BCUT2D eigenvalue weighted by Crippen LogP contribution is -2.16. The lowest BCUT2D eigenvalue weighted by molar-refractivity contribution is 0.216. The number of fused-ring (bicyclic) bond motifs is 12. The van der Waals surface area contributed by atoms with Gasteiger partial charge in [0, 0.05) is 62.1 Å². The van der Waals surface area contributed by atoms with Crippen molar-refractivity contribution in [3.63, 3.8) is 0 Å². The third-order valence-corrected chi connectivity index (χ3v) is 21.4. The fourth-order valence-electron chi connectivity index (χ4n) is 11.3. The summed E-state index contributed by atoms with van der Waals surface area (Å²) in [4.78, 5) is 0. The molecule has 0 radical (unpaired) electrons. The topological polar surface area (TPSA) is 136 Å². The summed E-state index contributed by atoms with van der Waals surface area (Å²) in [5, 5.41) is 52.1. The van der Waals surface area contributed by atoms with E-state index < -0.39 is 13.4 Å². The van der Waals surface area contributed by atoms with Crippen LogP contribution in [-0.2, 0) is 113 Å². The minimum Gasteiger partial charge on any atom is -0.507 e. The van der Waals surface area contributed by atoms with Crippen molar-refractivity contribution in [3.8, 4) is 34.5 Å². The van der Waals surface area contributed by atoms with E-state index in [0.717, 1.165) is 55.6 Å². The van der Waals surface area contributed by atoms with Gasteiger partial charge < -0.3 is 29.5 Å². The van der Waals surface area contributed by atoms with E-state index in [1.54, 1.807) is 0 Å². The van der Waals surface area contributed by atoms with E-state index in [2.05, 4.69) is 197 Å². The number of phenols is 4. The quantitative estimate of drug-likeness (QED) is 0.0867. The fourth-order valence-corrected chi connectivity index (χ4v) is 15.5. The smallest absolute Gasteiger partial charge is 0.380 e. The Morgan fingerprint density at radius 2 is 0.420 bits per heavy atom. The maximum Gasteiger partial charge on any atom is 0.380 e. The first-order valence-corrected chi connectivity index (χ1v) is 36.5. The van der Waals surface area contributed by atoms with Crippen LogP contribution in [0, 0.1) is 0 Å². The largest absolute Gasteiger partial charge is 0.507 e. The highest BCUT2D eigenvalue weighted by Crippen LogP contribution is 2.55. The predicted octanol–water partition coefficient (Wildman–Crippen LogP) is 19.5. The summed E-state index contributed by atoms with van der Waals surface area (Å²) >= 11 is 12.5. The van der Waals surface area contributed by atoms with E-state index in [-0.39, 0.29) is 120 Å². The number of hydrogen-bond donors (Lipinski definition) is 4. The van der Waals surface area contributed by atoms with E-state index in [0.29, 0.717) is 56.0 Å². The van der Waals surface area contributed by atoms with Crippen molar-refractivity contribution < 1.29 is 47.6 Å². The summed E-state index contributed by atoms with van der Waals surface area (Å²) in [6.45, 7) is 40.6. The molecule has 0 aliphatic heterocycles. The summed E-state index contributed by atoms with van der Waals surface area (Å²) in [7, 11) is 0. The third-order valence-electron chi connectivity index (χ3n) is 16.6. The van der Waals surface area contributed by atoms with Gasteiger partial charge in [-0.1, -0.05) is 197 Å². The van der Waals surface area contributed by atoms with Crippen molar-refractivity contribution in [2.24, 2.45) is 0 Å². The van der Waals surface area contributed by atoms with Crippen LogP contribution in [0.3, 0.4) is 0 Å². The van der Waals surface area contributed by atoms with Crippen molar-refractivity contribution >= 4 is 37.1 Å². The van der Waals surface area contributed by atoms with Crippen LogP contribution in [0.5, 0.6) is 34.5 Å². The summed E-state index contributed by atoms with van der Waals surface area (Å²) in [6.07, 6.45) is 1.27. The highest BCUT2D eigenvalue weighted by molar-refractivity contribution is 8.08. The van der Waals surface area contributed by atoms with Crippen molar-refractivity contribution in [2.45, 2.75) is 223 Å². The summed E-state index contributed by atoms with van der Waals surface area (Å²) in [5.74, 6) is 1.34. The van der Waals surface area contributed by atoms with Gasteiger partial charge in [0.2, 0.25) is 0 Å². The maximum absolute atomic E-state index is 13.0. The number of benzene rings is 6. The molecule has 7 rings (SSSR count). The molecule has 14 heteroatoms. The molecule has 88 heavy (non-hydrogen) atoms. The first-order chi connectivity index (χ1) is 40.5. The molecule has 6 aromatic carbocycles. The highest BCUT2D eigenvalue weighted by Gasteiger charge is 2.34. The van der Waals surface area contributed by atoms with Crippen LogP contribution in [0.15, 0.2) is 72.8 Å². The minimum absolute atomic E-state index is 0.101. The van der Waals surface area contributed by atoms with E-state index in [1.807, 2.05) is 27.7 Å². The first-order valence-electron chi connectivity index (χ1n) is 31.4. The Labute approximate surface area is 538 Å². The minimum atomic E-state index is -3.45. The first kappa shape index (κ1) is 70.7. The molecule has 0 aromatic heterocycles. The SMILES string of the molecule is CCOP(=S)(OCC)Oc1c2cc(C(C)(C)C)cc1Cc1cc(C(C)(C)C)cc(c1O)Cc1cc(C(C)(C)C)cc(c1O)Cc1cc(C(C)(C)C)cc(c1OP(=S)(OCC)OCC)Cc1cc(C(C)(C)C)cc(c1O)Cc1cc(C(C)(C)C)cc(c1O)C2. The second-order valence-electron chi connectivity index (χ2n) is 30.1. The highest BCUT2D eigenvalue weighted by atomic mass is 32.5. The second kappa shape index (κ2) is 26.5. The van der Waals surface area contributed by atoms with Gasteiger partial charge in [0.05, 0.1) is 26.4 Å². The Morgan fingerprint density at radius 3 is 0.557 bits per heavy atom. The van der Waals surface area contributed by atoms with Crippen LogP contribution in [-0.4, -0.2) is 46.9 Å². The number of hydrogen-bond acceptors (Lipinski definition) is 12. The average molecular weight is 1280 g/mol. The molecule has 12 bridgehead atoms. The summed E-state index contributed by atoms with van der Waals surface area (Å²) < 4.78 is 39.2. The van der Waals surface area contributed by atoms with Crippen molar-refractivity contribution in [1.82, 2.24) is 0 Å². The van der Waals surface area contributed by atoms with Gasteiger partial charge in [0.1, 0.15) is 34.5 Å². The van der Waals surface area contributed by atoms with Gasteiger partial charge in [0.25, 0.3) is 0 Å². The van der Waals surface area contributed by atoms with Crippen molar-refractivity contribution in [1.29, 1.82) is 0 Å². The summed E-state index contributed by atoms with van der Waals surface area (Å²) in [6, 6.07) is 25.2. The second-order valence-corrected chi connectivity index (χ2v) is 36.0. The van der Waals surface area contributed by atoms with Crippen molar-refractivity contribution in [3.05, 3.63) is 173 Å². The molecule has 1 aliphatic carbocycles. The maximum atomic E-state index is 13.0. The normalized spacial score (nSPS) is 14.2.